The standard InChI is InChI=1S/C14H15ClN2O/c1-2-10(15)9-17-14(18)12-7-8-16-13-6-4-3-5-11(12)13/h3-8,10H,2,9H2,1H3,(H,17,18). The second kappa shape index (κ2) is 5.83. The summed E-state index contributed by atoms with van der Waals surface area (Å²) in [6.45, 7) is 2.47. The number of carbonyl (C=O) groups is 1. The van der Waals surface area contributed by atoms with E-state index in [0.717, 1.165) is 17.3 Å². The number of fused-ring (bicyclic) bond motifs is 1. The number of hydrogen-bond donors (Lipinski definition) is 1. The SMILES string of the molecule is CCC(Cl)CNC(=O)c1ccnc2ccccc12. The van der Waals surface area contributed by atoms with Crippen molar-refractivity contribution in [2.24, 2.45) is 0 Å². The van der Waals surface area contributed by atoms with Crippen molar-refractivity contribution >= 4 is 28.4 Å². The highest BCUT2D eigenvalue weighted by Gasteiger charge is 2.11. The zero-order valence-corrected chi connectivity index (χ0v) is 10.9. The minimum atomic E-state index is -0.104. The van der Waals surface area contributed by atoms with E-state index in [9.17, 15) is 4.79 Å². The van der Waals surface area contributed by atoms with Gasteiger partial charge in [-0.15, -0.1) is 11.6 Å². The van der Waals surface area contributed by atoms with Gasteiger partial charge in [-0.05, 0) is 18.6 Å². The van der Waals surface area contributed by atoms with Crippen LogP contribution in [0.5, 0.6) is 0 Å². The maximum absolute atomic E-state index is 12.1. The predicted molar refractivity (Wildman–Crippen MR) is 74.0 cm³/mol. The molecule has 1 atom stereocenters. The Hall–Kier alpha value is -1.61. The Morgan fingerprint density at radius 3 is 2.94 bits per heavy atom. The second-order valence-corrected chi connectivity index (χ2v) is 4.71. The average molecular weight is 263 g/mol. The number of aromatic nitrogens is 1. The van der Waals surface area contributed by atoms with Gasteiger partial charge in [-0.3, -0.25) is 9.78 Å². The topological polar surface area (TPSA) is 42.0 Å². The van der Waals surface area contributed by atoms with Gasteiger partial charge in [0.15, 0.2) is 0 Å². The van der Waals surface area contributed by atoms with E-state index >= 15 is 0 Å². The molecular formula is C14H15ClN2O. The minimum Gasteiger partial charge on any atom is -0.351 e. The fourth-order valence-electron chi connectivity index (χ4n) is 1.74. The number of pyridine rings is 1. The Balaban J connectivity index is 2.22. The van der Waals surface area contributed by atoms with E-state index < -0.39 is 0 Å². The van der Waals surface area contributed by atoms with Gasteiger partial charge in [0.25, 0.3) is 5.91 Å². The van der Waals surface area contributed by atoms with E-state index in [0.29, 0.717) is 12.1 Å². The summed E-state index contributed by atoms with van der Waals surface area (Å²) in [7, 11) is 0. The Kier molecular flexibility index (Phi) is 4.15. The van der Waals surface area contributed by atoms with Gasteiger partial charge >= 0.3 is 0 Å². The molecule has 0 aliphatic carbocycles. The fourth-order valence-corrected chi connectivity index (χ4v) is 1.81. The first kappa shape index (κ1) is 12.8. The Morgan fingerprint density at radius 2 is 2.17 bits per heavy atom. The maximum Gasteiger partial charge on any atom is 0.252 e. The molecule has 0 saturated carbocycles. The minimum absolute atomic E-state index is 0.0259. The van der Waals surface area contributed by atoms with Gasteiger partial charge in [0, 0.05) is 18.1 Å². The van der Waals surface area contributed by atoms with Crippen molar-refractivity contribution < 1.29 is 4.79 Å². The molecule has 0 bridgehead atoms. The molecule has 1 unspecified atom stereocenters. The van der Waals surface area contributed by atoms with Crippen molar-refractivity contribution in [2.45, 2.75) is 18.7 Å². The summed E-state index contributed by atoms with van der Waals surface area (Å²) in [4.78, 5) is 16.3. The summed E-state index contributed by atoms with van der Waals surface area (Å²) in [5.74, 6) is -0.104. The molecule has 0 radical (unpaired) electrons. The number of rotatable bonds is 4. The van der Waals surface area contributed by atoms with Crippen molar-refractivity contribution in [1.82, 2.24) is 10.3 Å². The van der Waals surface area contributed by atoms with Crippen LogP contribution in [0.2, 0.25) is 0 Å². The van der Waals surface area contributed by atoms with E-state index in [4.69, 9.17) is 11.6 Å². The average Bonchev–Trinajstić information content (AvgIpc) is 2.43. The predicted octanol–water partition coefficient (Wildman–Crippen LogP) is 2.98. The van der Waals surface area contributed by atoms with Crippen LogP contribution in [0.15, 0.2) is 36.5 Å². The van der Waals surface area contributed by atoms with Crippen molar-refractivity contribution in [3.05, 3.63) is 42.1 Å². The lowest BCUT2D eigenvalue weighted by Crippen LogP contribution is -2.29. The number of para-hydroxylation sites is 1. The van der Waals surface area contributed by atoms with Crippen LogP contribution < -0.4 is 5.32 Å². The van der Waals surface area contributed by atoms with E-state index in [1.54, 1.807) is 12.3 Å². The first-order valence-corrected chi connectivity index (χ1v) is 6.42. The van der Waals surface area contributed by atoms with Gasteiger partial charge in [0.1, 0.15) is 0 Å². The molecule has 0 aliphatic rings. The molecule has 3 nitrogen and oxygen atoms in total. The van der Waals surface area contributed by atoms with Gasteiger partial charge in [0.2, 0.25) is 0 Å². The van der Waals surface area contributed by atoms with E-state index in [1.807, 2.05) is 31.2 Å². The van der Waals surface area contributed by atoms with Gasteiger partial charge in [-0.1, -0.05) is 25.1 Å². The van der Waals surface area contributed by atoms with E-state index in [-0.39, 0.29) is 11.3 Å². The van der Waals surface area contributed by atoms with Gasteiger partial charge in [-0.25, -0.2) is 0 Å². The lowest BCUT2D eigenvalue weighted by atomic mass is 10.1. The van der Waals surface area contributed by atoms with Crippen molar-refractivity contribution in [3.8, 4) is 0 Å². The van der Waals surface area contributed by atoms with Gasteiger partial charge in [-0.2, -0.15) is 0 Å². The molecule has 94 valence electrons. The number of carbonyl (C=O) groups excluding carboxylic acids is 1. The number of amides is 1. The second-order valence-electron chi connectivity index (χ2n) is 4.09. The van der Waals surface area contributed by atoms with Crippen LogP contribution >= 0.6 is 11.6 Å². The Morgan fingerprint density at radius 1 is 1.39 bits per heavy atom. The molecule has 1 aromatic carbocycles. The van der Waals surface area contributed by atoms with Gasteiger partial charge < -0.3 is 5.32 Å². The molecule has 0 fully saturated rings. The lowest BCUT2D eigenvalue weighted by Gasteiger charge is -2.10. The van der Waals surface area contributed by atoms with Crippen LogP contribution in [0.4, 0.5) is 0 Å². The lowest BCUT2D eigenvalue weighted by molar-refractivity contribution is 0.0955. The maximum atomic E-state index is 12.1. The number of alkyl halides is 1. The smallest absolute Gasteiger partial charge is 0.252 e. The monoisotopic (exact) mass is 262 g/mol. The molecule has 1 N–H and O–H groups in total. The summed E-state index contributed by atoms with van der Waals surface area (Å²) in [6.07, 6.45) is 2.48. The summed E-state index contributed by atoms with van der Waals surface area (Å²) in [6, 6.07) is 9.32. The molecule has 18 heavy (non-hydrogen) atoms. The third-order valence-corrected chi connectivity index (χ3v) is 3.28. The first-order chi connectivity index (χ1) is 8.72. The third kappa shape index (κ3) is 2.79. The van der Waals surface area contributed by atoms with E-state index in [1.165, 1.54) is 0 Å². The van der Waals surface area contributed by atoms with Gasteiger partial charge in [0.05, 0.1) is 16.5 Å². The molecule has 4 heteroatoms. The molecule has 1 amide bonds. The van der Waals surface area contributed by atoms with Crippen molar-refractivity contribution in [3.63, 3.8) is 0 Å². The first-order valence-electron chi connectivity index (χ1n) is 5.98. The summed E-state index contributed by atoms with van der Waals surface area (Å²) < 4.78 is 0. The largest absolute Gasteiger partial charge is 0.351 e. The summed E-state index contributed by atoms with van der Waals surface area (Å²) in [5.41, 5.74) is 1.46. The molecule has 0 aliphatic heterocycles. The molecule has 1 aromatic heterocycles. The Labute approximate surface area is 111 Å². The highest BCUT2D eigenvalue weighted by molar-refractivity contribution is 6.21. The quantitative estimate of drug-likeness (QED) is 0.861. The number of nitrogens with zero attached hydrogens (tertiary/aromatic N) is 1. The van der Waals surface area contributed by atoms with Crippen LogP contribution in [0.25, 0.3) is 10.9 Å². The van der Waals surface area contributed by atoms with Crippen LogP contribution in [0.3, 0.4) is 0 Å². The fraction of sp³-hybridized carbons (Fsp3) is 0.286. The van der Waals surface area contributed by atoms with Crippen molar-refractivity contribution in [1.29, 1.82) is 0 Å². The molecule has 1 heterocycles. The van der Waals surface area contributed by atoms with Crippen molar-refractivity contribution in [2.75, 3.05) is 6.54 Å². The summed E-state index contributed by atoms with van der Waals surface area (Å²) >= 11 is 5.99. The number of nitrogens with one attached hydrogen (secondary N) is 1. The van der Waals surface area contributed by atoms with E-state index in [2.05, 4.69) is 10.3 Å². The Bertz CT molecular complexity index is 551. The number of hydrogen-bond acceptors (Lipinski definition) is 2. The molecule has 0 saturated heterocycles. The number of benzene rings is 1. The summed E-state index contributed by atoms with van der Waals surface area (Å²) in [5, 5.41) is 3.68. The molecule has 2 rings (SSSR count). The molecule has 2 aromatic rings. The normalized spacial score (nSPS) is 12.3. The highest BCUT2D eigenvalue weighted by atomic mass is 35.5. The highest BCUT2D eigenvalue weighted by Crippen LogP contribution is 2.15. The number of halogens is 1. The third-order valence-electron chi connectivity index (χ3n) is 2.82. The molecular weight excluding hydrogens is 248 g/mol. The van der Waals surface area contributed by atoms with Crippen LogP contribution in [0, 0.1) is 0 Å². The zero-order valence-electron chi connectivity index (χ0n) is 10.2. The zero-order chi connectivity index (χ0) is 13.0. The molecule has 0 spiro atoms. The van der Waals surface area contributed by atoms with Crippen LogP contribution in [-0.2, 0) is 0 Å². The van der Waals surface area contributed by atoms with Crippen LogP contribution in [-0.4, -0.2) is 22.8 Å². The van der Waals surface area contributed by atoms with Crippen LogP contribution in [0.1, 0.15) is 23.7 Å².